The van der Waals surface area contributed by atoms with Crippen molar-refractivity contribution in [1.29, 1.82) is 0 Å². The highest BCUT2D eigenvalue weighted by Gasteiger charge is 2.46. The van der Waals surface area contributed by atoms with Gasteiger partial charge in [0.2, 0.25) is 0 Å². The zero-order chi connectivity index (χ0) is 18.3. The molecule has 3 aliphatic rings. The largest absolute Gasteiger partial charge is 0.383 e. The number of rotatable bonds is 4. The van der Waals surface area contributed by atoms with Gasteiger partial charge in [-0.1, -0.05) is 6.07 Å². The van der Waals surface area contributed by atoms with E-state index in [1.54, 1.807) is 12.4 Å². The van der Waals surface area contributed by atoms with E-state index in [1.165, 1.54) is 35.5 Å². The van der Waals surface area contributed by atoms with Gasteiger partial charge in [-0.15, -0.1) is 0 Å². The lowest BCUT2D eigenvalue weighted by molar-refractivity contribution is 0.234. The first-order chi connectivity index (χ1) is 13.2. The van der Waals surface area contributed by atoms with Gasteiger partial charge >= 0.3 is 0 Å². The Balaban J connectivity index is 1.34. The van der Waals surface area contributed by atoms with Gasteiger partial charge in [0.15, 0.2) is 0 Å². The first-order valence-corrected chi connectivity index (χ1v) is 9.81. The van der Waals surface area contributed by atoms with Gasteiger partial charge in [-0.05, 0) is 43.5 Å². The second-order valence-corrected chi connectivity index (χ2v) is 7.83. The van der Waals surface area contributed by atoms with Crippen LogP contribution in [0, 0.1) is 0 Å². The molecule has 2 aromatic rings. The van der Waals surface area contributed by atoms with E-state index in [2.05, 4.69) is 56.0 Å². The van der Waals surface area contributed by atoms with Crippen molar-refractivity contribution in [1.82, 2.24) is 30.8 Å². The molecule has 6 heteroatoms. The van der Waals surface area contributed by atoms with Crippen molar-refractivity contribution in [3.8, 4) is 0 Å². The van der Waals surface area contributed by atoms with Gasteiger partial charge in [0, 0.05) is 56.4 Å². The van der Waals surface area contributed by atoms with Crippen LogP contribution in [0.4, 0.5) is 0 Å². The molecule has 1 saturated carbocycles. The van der Waals surface area contributed by atoms with Crippen LogP contribution >= 0.6 is 0 Å². The second kappa shape index (κ2) is 6.53. The van der Waals surface area contributed by atoms with E-state index in [-0.39, 0.29) is 0 Å². The number of nitrogens with zero attached hydrogens (tertiary/aromatic N) is 3. The number of allylic oxidation sites excluding steroid dienone is 1. The van der Waals surface area contributed by atoms with Crippen molar-refractivity contribution >= 4 is 11.0 Å². The third kappa shape index (κ3) is 3.25. The van der Waals surface area contributed by atoms with Gasteiger partial charge in [0.25, 0.3) is 0 Å². The zero-order valence-electron chi connectivity index (χ0n) is 15.8. The Morgan fingerprint density at radius 1 is 1.19 bits per heavy atom. The maximum absolute atomic E-state index is 4.42. The van der Waals surface area contributed by atoms with Crippen LogP contribution in [0.15, 0.2) is 53.8 Å². The molecule has 0 unspecified atom stereocenters. The molecule has 0 radical (unpaired) electrons. The summed E-state index contributed by atoms with van der Waals surface area (Å²) in [6, 6.07) is 6.29. The lowest BCUT2D eigenvalue weighted by Crippen LogP contribution is -2.53. The monoisotopic (exact) mass is 362 g/mol. The summed E-state index contributed by atoms with van der Waals surface area (Å²) in [4.78, 5) is 11.3. The third-order valence-corrected chi connectivity index (χ3v) is 5.87. The minimum absolute atomic E-state index is 0.375. The van der Waals surface area contributed by atoms with Crippen molar-refractivity contribution in [3.05, 3.63) is 59.3 Å². The molecular weight excluding hydrogens is 336 g/mol. The number of hydrogen-bond acceptors (Lipinski definition) is 6. The van der Waals surface area contributed by atoms with Crippen LogP contribution in [0.5, 0.6) is 0 Å². The van der Waals surface area contributed by atoms with Crippen molar-refractivity contribution < 1.29 is 0 Å². The summed E-state index contributed by atoms with van der Waals surface area (Å²) in [5.74, 6) is 0. The Morgan fingerprint density at radius 3 is 2.89 bits per heavy atom. The standard InChI is InChI=1S/C21H26N6/c1-15-20(25-13-16-2-3-17-18(12-16)24-9-8-23-17)19(4-7-22-15)27-11-10-26-21(14-27)5-6-21/h2-4,8-9,12,22,25-26H,5-7,10-11,13-14H2,1H3. The minimum Gasteiger partial charge on any atom is -0.383 e. The van der Waals surface area contributed by atoms with Crippen LogP contribution < -0.4 is 16.0 Å². The van der Waals surface area contributed by atoms with Crippen molar-refractivity contribution in [2.45, 2.75) is 31.8 Å². The molecule has 1 saturated heterocycles. The molecule has 2 fully saturated rings. The number of dihydropyridines is 1. The van der Waals surface area contributed by atoms with Crippen molar-refractivity contribution in [3.63, 3.8) is 0 Å². The highest BCUT2D eigenvalue weighted by atomic mass is 15.3. The summed E-state index contributed by atoms with van der Waals surface area (Å²) in [7, 11) is 0. The van der Waals surface area contributed by atoms with E-state index in [9.17, 15) is 0 Å². The number of benzene rings is 1. The molecule has 140 valence electrons. The van der Waals surface area contributed by atoms with Gasteiger partial charge < -0.3 is 20.9 Å². The van der Waals surface area contributed by atoms with Crippen LogP contribution in [0.2, 0.25) is 0 Å². The van der Waals surface area contributed by atoms with Crippen molar-refractivity contribution in [2.24, 2.45) is 0 Å². The molecule has 1 aromatic carbocycles. The Hall–Kier alpha value is -2.60. The van der Waals surface area contributed by atoms with Crippen LogP contribution in [-0.4, -0.2) is 46.6 Å². The Morgan fingerprint density at radius 2 is 2.04 bits per heavy atom. The molecule has 0 amide bonds. The molecular formula is C21H26N6. The molecule has 2 aliphatic heterocycles. The molecule has 6 nitrogen and oxygen atoms in total. The summed E-state index contributed by atoms with van der Waals surface area (Å²) < 4.78 is 0. The summed E-state index contributed by atoms with van der Waals surface area (Å²) >= 11 is 0. The van der Waals surface area contributed by atoms with Crippen LogP contribution in [0.25, 0.3) is 11.0 Å². The van der Waals surface area contributed by atoms with E-state index in [4.69, 9.17) is 0 Å². The van der Waals surface area contributed by atoms with E-state index in [1.807, 2.05) is 6.07 Å². The van der Waals surface area contributed by atoms with Gasteiger partial charge in [-0.2, -0.15) is 0 Å². The number of piperazine rings is 1. The average molecular weight is 362 g/mol. The number of nitrogens with one attached hydrogen (secondary N) is 3. The first kappa shape index (κ1) is 16.6. The normalized spacial score (nSPS) is 21.2. The highest BCUT2D eigenvalue weighted by molar-refractivity contribution is 5.74. The summed E-state index contributed by atoms with van der Waals surface area (Å²) in [6.45, 7) is 7.08. The topological polar surface area (TPSA) is 65.1 Å². The second-order valence-electron chi connectivity index (χ2n) is 7.83. The molecule has 1 aliphatic carbocycles. The first-order valence-electron chi connectivity index (χ1n) is 9.81. The molecule has 3 N–H and O–H groups in total. The predicted octanol–water partition coefficient (Wildman–Crippen LogP) is 1.88. The van der Waals surface area contributed by atoms with Gasteiger partial charge in [0.1, 0.15) is 0 Å². The lowest BCUT2D eigenvalue weighted by atomic mass is 10.1. The number of fused-ring (bicyclic) bond motifs is 1. The molecule has 1 aromatic heterocycles. The van der Waals surface area contributed by atoms with Crippen LogP contribution in [0.3, 0.4) is 0 Å². The SMILES string of the molecule is CC1=C(NCc2ccc3nccnc3c2)C(N2CCNC3(CC3)C2)=CCN1. The minimum atomic E-state index is 0.375. The molecule has 3 heterocycles. The Bertz CT molecular complexity index is 927. The highest BCUT2D eigenvalue weighted by Crippen LogP contribution is 2.39. The number of aromatic nitrogens is 2. The van der Waals surface area contributed by atoms with Gasteiger partial charge in [0.05, 0.1) is 22.4 Å². The van der Waals surface area contributed by atoms with E-state index in [0.29, 0.717) is 5.54 Å². The van der Waals surface area contributed by atoms with Crippen molar-refractivity contribution in [2.75, 3.05) is 26.2 Å². The fourth-order valence-electron chi connectivity index (χ4n) is 4.15. The predicted molar refractivity (Wildman–Crippen MR) is 107 cm³/mol. The van der Waals surface area contributed by atoms with Gasteiger partial charge in [-0.25, -0.2) is 0 Å². The fraction of sp³-hybridized carbons (Fsp3) is 0.429. The molecule has 0 atom stereocenters. The molecule has 0 bridgehead atoms. The molecule has 27 heavy (non-hydrogen) atoms. The smallest absolute Gasteiger partial charge is 0.0890 e. The fourth-order valence-corrected chi connectivity index (χ4v) is 4.15. The lowest BCUT2D eigenvalue weighted by Gasteiger charge is -2.39. The zero-order valence-corrected chi connectivity index (χ0v) is 15.8. The van der Waals surface area contributed by atoms with Crippen LogP contribution in [0.1, 0.15) is 25.3 Å². The summed E-state index contributed by atoms with van der Waals surface area (Å²) in [5.41, 5.74) is 7.26. The molecule has 1 spiro atoms. The Labute approximate surface area is 159 Å². The Kier molecular flexibility index (Phi) is 4.01. The number of hydrogen-bond donors (Lipinski definition) is 3. The van der Waals surface area contributed by atoms with E-state index >= 15 is 0 Å². The average Bonchev–Trinajstić information content (AvgIpc) is 3.45. The molecule has 5 rings (SSSR count). The maximum Gasteiger partial charge on any atom is 0.0890 e. The van der Waals surface area contributed by atoms with Gasteiger partial charge in [-0.3, -0.25) is 9.97 Å². The maximum atomic E-state index is 4.42. The summed E-state index contributed by atoms with van der Waals surface area (Å²) in [5, 5.41) is 10.9. The van der Waals surface area contributed by atoms with Crippen LogP contribution in [-0.2, 0) is 6.54 Å². The summed E-state index contributed by atoms with van der Waals surface area (Å²) in [6.07, 6.45) is 8.41. The third-order valence-electron chi connectivity index (χ3n) is 5.87. The van der Waals surface area contributed by atoms with E-state index < -0.39 is 0 Å². The van der Waals surface area contributed by atoms with E-state index in [0.717, 1.165) is 43.8 Å². The quantitative estimate of drug-likeness (QED) is 0.772.